The van der Waals surface area contributed by atoms with Crippen LogP contribution in [0.1, 0.15) is 12.8 Å². The molecule has 1 heterocycles. The standard InChI is InChI=1S/C15H19NO6/c1-19-10-5-6-12(20-2)11(8-10)16-14(17)9-22-15(18)13-4-3-7-21-13/h5-6,8,13H,3-4,7,9H2,1-2H3,(H,16,17)/t13-/m0/s1. The monoisotopic (exact) mass is 309 g/mol. The van der Waals surface area contributed by atoms with E-state index in [1.54, 1.807) is 18.2 Å². The third kappa shape index (κ3) is 4.11. The second kappa shape index (κ2) is 7.65. The van der Waals surface area contributed by atoms with Gasteiger partial charge in [0.1, 0.15) is 11.5 Å². The molecular formula is C15H19NO6. The van der Waals surface area contributed by atoms with Gasteiger partial charge in [-0.15, -0.1) is 0 Å². The van der Waals surface area contributed by atoms with Crippen molar-refractivity contribution in [1.29, 1.82) is 0 Å². The Balaban J connectivity index is 1.89. The number of benzene rings is 1. The largest absolute Gasteiger partial charge is 0.497 e. The lowest BCUT2D eigenvalue weighted by Gasteiger charge is -2.13. The SMILES string of the molecule is COc1ccc(OC)c(NC(=O)COC(=O)[C@@H]2CCCO2)c1. The van der Waals surface area contributed by atoms with E-state index < -0.39 is 18.0 Å². The van der Waals surface area contributed by atoms with E-state index in [2.05, 4.69) is 5.32 Å². The van der Waals surface area contributed by atoms with Gasteiger partial charge in [-0.25, -0.2) is 4.79 Å². The van der Waals surface area contributed by atoms with Crippen molar-refractivity contribution in [1.82, 2.24) is 0 Å². The first kappa shape index (κ1) is 16.1. The van der Waals surface area contributed by atoms with Gasteiger partial charge in [-0.05, 0) is 25.0 Å². The summed E-state index contributed by atoms with van der Waals surface area (Å²) in [6, 6.07) is 5.01. The van der Waals surface area contributed by atoms with Crippen LogP contribution in [0.2, 0.25) is 0 Å². The highest BCUT2D eigenvalue weighted by Gasteiger charge is 2.25. The first-order chi connectivity index (χ1) is 10.6. The number of nitrogens with one attached hydrogen (secondary N) is 1. The van der Waals surface area contributed by atoms with E-state index in [9.17, 15) is 9.59 Å². The zero-order valence-electron chi connectivity index (χ0n) is 12.6. The molecule has 0 unspecified atom stereocenters. The van der Waals surface area contributed by atoms with E-state index in [0.717, 1.165) is 6.42 Å². The van der Waals surface area contributed by atoms with Gasteiger partial charge < -0.3 is 24.3 Å². The van der Waals surface area contributed by atoms with E-state index in [0.29, 0.717) is 30.2 Å². The van der Waals surface area contributed by atoms with Gasteiger partial charge in [-0.2, -0.15) is 0 Å². The third-order valence-electron chi connectivity index (χ3n) is 3.22. The lowest BCUT2D eigenvalue weighted by molar-refractivity contribution is -0.156. The molecule has 120 valence electrons. The first-order valence-corrected chi connectivity index (χ1v) is 6.94. The van der Waals surface area contributed by atoms with Crippen molar-refractivity contribution in [3.63, 3.8) is 0 Å². The van der Waals surface area contributed by atoms with Gasteiger partial charge in [0.25, 0.3) is 5.91 Å². The summed E-state index contributed by atoms with van der Waals surface area (Å²) in [6.07, 6.45) is 0.899. The Morgan fingerprint density at radius 2 is 2.14 bits per heavy atom. The van der Waals surface area contributed by atoms with Crippen LogP contribution in [0.15, 0.2) is 18.2 Å². The molecule has 7 heteroatoms. The molecule has 0 aliphatic carbocycles. The Labute approximate surface area is 128 Å². The number of carbonyl (C=O) groups excluding carboxylic acids is 2. The highest BCUT2D eigenvalue weighted by atomic mass is 16.6. The average Bonchev–Trinajstić information content (AvgIpc) is 3.07. The number of esters is 1. The van der Waals surface area contributed by atoms with Crippen LogP contribution < -0.4 is 14.8 Å². The van der Waals surface area contributed by atoms with Crippen molar-refractivity contribution in [3.05, 3.63) is 18.2 Å². The summed E-state index contributed by atoms with van der Waals surface area (Å²) in [7, 11) is 3.02. The fourth-order valence-electron chi connectivity index (χ4n) is 2.09. The molecule has 22 heavy (non-hydrogen) atoms. The number of anilines is 1. The van der Waals surface area contributed by atoms with Crippen molar-refractivity contribution >= 4 is 17.6 Å². The highest BCUT2D eigenvalue weighted by Crippen LogP contribution is 2.28. The van der Waals surface area contributed by atoms with Crippen molar-refractivity contribution < 1.29 is 28.5 Å². The molecule has 0 radical (unpaired) electrons. The Kier molecular flexibility index (Phi) is 5.60. The van der Waals surface area contributed by atoms with E-state index in [1.807, 2.05) is 0 Å². The van der Waals surface area contributed by atoms with Crippen LogP contribution in [0.3, 0.4) is 0 Å². The van der Waals surface area contributed by atoms with Crippen LogP contribution in [0.25, 0.3) is 0 Å². The summed E-state index contributed by atoms with van der Waals surface area (Å²) < 4.78 is 20.4. The van der Waals surface area contributed by atoms with Crippen LogP contribution in [0.5, 0.6) is 11.5 Å². The second-order valence-electron chi connectivity index (χ2n) is 4.72. The minimum Gasteiger partial charge on any atom is -0.497 e. The topological polar surface area (TPSA) is 83.1 Å². The summed E-state index contributed by atoms with van der Waals surface area (Å²) in [5.41, 5.74) is 0.444. The van der Waals surface area contributed by atoms with Crippen LogP contribution in [0.4, 0.5) is 5.69 Å². The zero-order valence-corrected chi connectivity index (χ0v) is 12.6. The maximum Gasteiger partial charge on any atom is 0.335 e. The summed E-state index contributed by atoms with van der Waals surface area (Å²) in [5.74, 6) is 0.0928. The van der Waals surface area contributed by atoms with Gasteiger partial charge in [0.15, 0.2) is 12.7 Å². The molecule has 0 bridgehead atoms. The van der Waals surface area contributed by atoms with E-state index >= 15 is 0 Å². The molecule has 1 aliphatic heterocycles. The number of ether oxygens (including phenoxy) is 4. The van der Waals surface area contributed by atoms with Gasteiger partial charge in [0, 0.05) is 12.7 Å². The number of amides is 1. The molecule has 1 fully saturated rings. The van der Waals surface area contributed by atoms with Crippen molar-refractivity contribution in [2.24, 2.45) is 0 Å². The number of hydrogen-bond acceptors (Lipinski definition) is 6. The molecule has 2 rings (SSSR count). The van der Waals surface area contributed by atoms with Crippen LogP contribution in [-0.4, -0.2) is 45.4 Å². The molecule has 1 aromatic carbocycles. The number of methoxy groups -OCH3 is 2. The maximum absolute atomic E-state index is 11.9. The quantitative estimate of drug-likeness (QED) is 0.799. The first-order valence-electron chi connectivity index (χ1n) is 6.94. The minimum absolute atomic E-state index is 0.376. The fraction of sp³-hybridized carbons (Fsp3) is 0.467. The van der Waals surface area contributed by atoms with Gasteiger partial charge in [-0.1, -0.05) is 0 Å². The van der Waals surface area contributed by atoms with Gasteiger partial charge in [-0.3, -0.25) is 4.79 Å². The summed E-state index contributed by atoms with van der Waals surface area (Å²) >= 11 is 0. The van der Waals surface area contributed by atoms with Crippen molar-refractivity contribution in [2.75, 3.05) is 32.8 Å². The average molecular weight is 309 g/mol. The molecule has 1 saturated heterocycles. The molecule has 1 aromatic rings. The minimum atomic E-state index is -0.556. The lowest BCUT2D eigenvalue weighted by Crippen LogP contribution is -2.27. The van der Waals surface area contributed by atoms with Crippen molar-refractivity contribution in [3.8, 4) is 11.5 Å². The number of hydrogen-bond donors (Lipinski definition) is 1. The molecule has 1 atom stereocenters. The normalized spacial score (nSPS) is 16.9. The zero-order chi connectivity index (χ0) is 15.9. The van der Waals surface area contributed by atoms with Gasteiger partial charge >= 0.3 is 5.97 Å². The Hall–Kier alpha value is -2.28. The summed E-state index contributed by atoms with van der Waals surface area (Å²) in [6.45, 7) is 0.173. The Morgan fingerprint density at radius 1 is 1.32 bits per heavy atom. The van der Waals surface area contributed by atoms with E-state index in [1.165, 1.54) is 14.2 Å². The van der Waals surface area contributed by atoms with E-state index in [4.69, 9.17) is 18.9 Å². The number of rotatable bonds is 6. The van der Waals surface area contributed by atoms with Crippen LogP contribution >= 0.6 is 0 Å². The maximum atomic E-state index is 11.9. The van der Waals surface area contributed by atoms with Gasteiger partial charge in [0.2, 0.25) is 0 Å². The Morgan fingerprint density at radius 3 is 2.77 bits per heavy atom. The van der Waals surface area contributed by atoms with Crippen molar-refractivity contribution in [2.45, 2.75) is 18.9 Å². The van der Waals surface area contributed by atoms with Crippen LogP contribution in [0, 0.1) is 0 Å². The summed E-state index contributed by atoms with van der Waals surface area (Å²) in [4.78, 5) is 23.5. The molecule has 0 saturated carbocycles. The molecule has 1 N–H and O–H groups in total. The second-order valence-corrected chi connectivity index (χ2v) is 4.72. The predicted octanol–water partition coefficient (Wildman–Crippen LogP) is 1.36. The van der Waals surface area contributed by atoms with E-state index in [-0.39, 0.29) is 6.61 Å². The smallest absolute Gasteiger partial charge is 0.335 e. The Bertz CT molecular complexity index is 539. The molecule has 0 aromatic heterocycles. The van der Waals surface area contributed by atoms with Gasteiger partial charge in [0.05, 0.1) is 19.9 Å². The lowest BCUT2D eigenvalue weighted by atomic mass is 10.2. The third-order valence-corrected chi connectivity index (χ3v) is 3.22. The molecule has 7 nitrogen and oxygen atoms in total. The highest BCUT2D eigenvalue weighted by molar-refractivity contribution is 5.94. The predicted molar refractivity (Wildman–Crippen MR) is 78.1 cm³/mol. The molecular weight excluding hydrogens is 290 g/mol. The molecule has 1 amide bonds. The summed E-state index contributed by atoms with van der Waals surface area (Å²) in [5, 5.41) is 2.62. The molecule has 1 aliphatic rings. The van der Waals surface area contributed by atoms with Crippen LogP contribution in [-0.2, 0) is 19.1 Å². The fourth-order valence-corrected chi connectivity index (χ4v) is 2.09. The number of carbonyl (C=O) groups is 2. The molecule has 0 spiro atoms.